The van der Waals surface area contributed by atoms with Gasteiger partial charge in [0.25, 0.3) is 0 Å². The van der Waals surface area contributed by atoms with Crippen LogP contribution in [-0.4, -0.2) is 18.6 Å². The molecule has 1 N–H and O–H groups in total. The Morgan fingerprint density at radius 1 is 1.24 bits per heavy atom. The molecule has 0 heterocycles. The summed E-state index contributed by atoms with van der Waals surface area (Å²) in [5.41, 5.74) is 3.05. The number of ether oxygens (including phenoxy) is 1. The second-order valence-corrected chi connectivity index (χ2v) is 5.52. The first-order chi connectivity index (χ1) is 12.0. The van der Waals surface area contributed by atoms with E-state index in [1.165, 1.54) is 11.1 Å². The average Bonchev–Trinajstić information content (AvgIpc) is 2.60. The van der Waals surface area contributed by atoms with Crippen LogP contribution in [0.5, 0.6) is 0 Å². The number of halogens is 2. The number of hydrogen-bond donors (Lipinski definition) is 1. The van der Waals surface area contributed by atoms with Gasteiger partial charge in [0.2, 0.25) is 0 Å². The summed E-state index contributed by atoms with van der Waals surface area (Å²) in [6, 6.07) is 15.0. The number of carbonyl (C=O) groups is 1. The van der Waals surface area contributed by atoms with E-state index in [0.717, 1.165) is 0 Å². The number of amides is 1. The fourth-order valence-corrected chi connectivity index (χ4v) is 1.91. The Morgan fingerprint density at radius 3 is 2.56 bits per heavy atom. The number of aryl methyl sites for hydroxylation is 1. The van der Waals surface area contributed by atoms with Gasteiger partial charge in [-0.1, -0.05) is 72.0 Å². The minimum Gasteiger partial charge on any atom is -0.436 e. The monoisotopic (exact) mass is 375 g/mol. The van der Waals surface area contributed by atoms with Gasteiger partial charge in [-0.25, -0.2) is 4.79 Å². The van der Waals surface area contributed by atoms with Crippen molar-refractivity contribution in [2.24, 2.45) is 0 Å². The van der Waals surface area contributed by atoms with Gasteiger partial charge in [-0.3, -0.25) is 5.32 Å². The quantitative estimate of drug-likeness (QED) is 0.546. The molecule has 0 aliphatic rings. The van der Waals surface area contributed by atoms with E-state index in [9.17, 15) is 4.79 Å². The molecule has 0 bridgehead atoms. The van der Waals surface area contributed by atoms with E-state index in [1.54, 1.807) is 24.3 Å². The van der Waals surface area contributed by atoms with Gasteiger partial charge in [-0.2, -0.15) is 0 Å². The van der Waals surface area contributed by atoms with Crippen LogP contribution < -0.4 is 5.32 Å². The van der Waals surface area contributed by atoms with E-state index >= 15 is 0 Å². The molecule has 0 radical (unpaired) electrons. The zero-order valence-corrected chi connectivity index (χ0v) is 15.4. The van der Waals surface area contributed by atoms with E-state index in [1.807, 2.05) is 6.08 Å². The van der Waals surface area contributed by atoms with Crippen LogP contribution >= 0.6 is 23.2 Å². The van der Waals surface area contributed by atoms with E-state index in [2.05, 4.69) is 54.9 Å². The zero-order valence-electron chi connectivity index (χ0n) is 13.9. The summed E-state index contributed by atoms with van der Waals surface area (Å²) >= 11 is 11.1. The second-order valence-electron chi connectivity index (χ2n) is 4.81. The minimum atomic E-state index is -0.578. The Kier molecular flexibility index (Phi) is 9.92. The summed E-state index contributed by atoms with van der Waals surface area (Å²) < 4.78 is 4.76. The Balaban J connectivity index is 0.000000293. The van der Waals surface area contributed by atoms with Gasteiger partial charge in [0.1, 0.15) is 0 Å². The number of anilines is 1. The van der Waals surface area contributed by atoms with Crippen LogP contribution in [0, 0.1) is 18.8 Å². The van der Waals surface area contributed by atoms with Gasteiger partial charge < -0.3 is 4.74 Å². The molecule has 2 aromatic rings. The molecule has 0 atom stereocenters. The number of nitrogens with one attached hydrogen (secondary N) is 1. The molecule has 5 heteroatoms. The number of rotatable bonds is 3. The lowest BCUT2D eigenvalue weighted by atomic mass is 10.2. The largest absolute Gasteiger partial charge is 0.436 e. The lowest BCUT2D eigenvalue weighted by Crippen LogP contribution is -2.13. The summed E-state index contributed by atoms with van der Waals surface area (Å²) in [7, 11) is 0. The zero-order chi connectivity index (χ0) is 18.5. The van der Waals surface area contributed by atoms with Crippen LogP contribution in [0.15, 0.2) is 55.1 Å². The third-order valence-electron chi connectivity index (χ3n) is 2.85. The van der Waals surface area contributed by atoms with Crippen molar-refractivity contribution in [3.8, 4) is 11.8 Å². The third kappa shape index (κ3) is 9.46. The first kappa shape index (κ1) is 20.6. The standard InChI is InChI=1S/C11H9Cl2NO2.C9H10/c12-6-1-2-7-16-11(15)14-10-5-3-4-9(13)8-10;1-3-9-6-4-8(2)5-7-9/h3-5,8H,6-7H2,(H,14,15);3-7H,1H2,2H3. The minimum absolute atomic E-state index is 0.0130. The second kappa shape index (κ2) is 12.0. The summed E-state index contributed by atoms with van der Waals surface area (Å²) in [6.07, 6.45) is 1.27. The van der Waals surface area contributed by atoms with Crippen LogP contribution in [0.4, 0.5) is 10.5 Å². The van der Waals surface area contributed by atoms with Crippen LogP contribution in [0.3, 0.4) is 0 Å². The van der Waals surface area contributed by atoms with E-state index in [0.29, 0.717) is 10.7 Å². The first-order valence-electron chi connectivity index (χ1n) is 7.45. The molecule has 0 saturated heterocycles. The van der Waals surface area contributed by atoms with Crippen LogP contribution in [-0.2, 0) is 4.74 Å². The molecular formula is C20H19Cl2NO2. The SMILES string of the molecule is C=Cc1ccc(C)cc1.O=C(Nc1cccc(Cl)c1)OCC#CCCl. The van der Waals surface area contributed by atoms with Crippen molar-refractivity contribution in [2.45, 2.75) is 6.92 Å². The Bertz CT molecular complexity index is 746. The summed E-state index contributed by atoms with van der Waals surface area (Å²) in [4.78, 5) is 11.2. The fraction of sp³-hybridized carbons (Fsp3) is 0.150. The molecule has 2 rings (SSSR count). The predicted octanol–water partition coefficient (Wildman–Crippen LogP) is 5.77. The van der Waals surface area contributed by atoms with Gasteiger partial charge >= 0.3 is 6.09 Å². The molecule has 2 aromatic carbocycles. The van der Waals surface area contributed by atoms with Gasteiger partial charge in [0, 0.05) is 10.7 Å². The molecule has 3 nitrogen and oxygen atoms in total. The number of alkyl halides is 1. The van der Waals surface area contributed by atoms with Crippen molar-refractivity contribution in [3.63, 3.8) is 0 Å². The Hall–Kier alpha value is -2.41. The molecular weight excluding hydrogens is 357 g/mol. The van der Waals surface area contributed by atoms with E-state index in [-0.39, 0.29) is 12.5 Å². The number of benzene rings is 2. The highest BCUT2D eigenvalue weighted by molar-refractivity contribution is 6.30. The van der Waals surface area contributed by atoms with Crippen LogP contribution in [0.2, 0.25) is 5.02 Å². The van der Waals surface area contributed by atoms with Crippen LogP contribution in [0.25, 0.3) is 6.08 Å². The maximum atomic E-state index is 11.2. The normalized spacial score (nSPS) is 8.92. The highest BCUT2D eigenvalue weighted by atomic mass is 35.5. The summed E-state index contributed by atoms with van der Waals surface area (Å²) in [5.74, 6) is 5.36. The maximum absolute atomic E-state index is 11.2. The topological polar surface area (TPSA) is 38.3 Å². The van der Waals surface area contributed by atoms with Gasteiger partial charge in [0.05, 0.1) is 5.88 Å². The van der Waals surface area contributed by atoms with Crippen molar-refractivity contribution < 1.29 is 9.53 Å². The van der Waals surface area contributed by atoms with E-state index in [4.69, 9.17) is 27.9 Å². The molecule has 0 saturated carbocycles. The molecule has 0 unspecified atom stereocenters. The van der Waals surface area contributed by atoms with Crippen molar-refractivity contribution in [2.75, 3.05) is 17.8 Å². The molecule has 0 aliphatic heterocycles. The Morgan fingerprint density at radius 2 is 1.96 bits per heavy atom. The summed E-state index contributed by atoms with van der Waals surface area (Å²) in [6.45, 7) is 5.75. The molecule has 0 spiro atoms. The fourth-order valence-electron chi connectivity index (χ4n) is 1.62. The number of hydrogen-bond acceptors (Lipinski definition) is 2. The average molecular weight is 376 g/mol. The lowest BCUT2D eigenvalue weighted by Gasteiger charge is -2.04. The van der Waals surface area contributed by atoms with Gasteiger partial charge in [-0.15, -0.1) is 11.6 Å². The van der Waals surface area contributed by atoms with Crippen molar-refractivity contribution >= 4 is 41.1 Å². The van der Waals surface area contributed by atoms with Gasteiger partial charge in [-0.05, 0) is 30.7 Å². The van der Waals surface area contributed by atoms with E-state index < -0.39 is 6.09 Å². The smallest absolute Gasteiger partial charge is 0.412 e. The lowest BCUT2D eigenvalue weighted by molar-refractivity contribution is 0.176. The third-order valence-corrected chi connectivity index (χ3v) is 3.22. The Labute approximate surface area is 158 Å². The molecule has 0 fully saturated rings. The van der Waals surface area contributed by atoms with Gasteiger partial charge in [0.15, 0.2) is 6.61 Å². The molecule has 130 valence electrons. The molecule has 1 amide bonds. The highest BCUT2D eigenvalue weighted by Gasteiger charge is 2.01. The highest BCUT2D eigenvalue weighted by Crippen LogP contribution is 2.14. The molecule has 0 aliphatic carbocycles. The molecule has 0 aromatic heterocycles. The van der Waals surface area contributed by atoms with Crippen LogP contribution in [0.1, 0.15) is 11.1 Å². The predicted molar refractivity (Wildman–Crippen MR) is 106 cm³/mol. The maximum Gasteiger partial charge on any atom is 0.412 e. The first-order valence-corrected chi connectivity index (χ1v) is 8.36. The van der Waals surface area contributed by atoms with Crippen molar-refractivity contribution in [3.05, 3.63) is 71.3 Å². The summed E-state index contributed by atoms with van der Waals surface area (Å²) in [5, 5.41) is 3.05. The number of carbonyl (C=O) groups excluding carboxylic acids is 1. The van der Waals surface area contributed by atoms with Crippen molar-refractivity contribution in [1.29, 1.82) is 0 Å². The van der Waals surface area contributed by atoms with Crippen molar-refractivity contribution in [1.82, 2.24) is 0 Å². The molecule has 25 heavy (non-hydrogen) atoms.